The van der Waals surface area contributed by atoms with Gasteiger partial charge in [0.25, 0.3) is 0 Å². The van der Waals surface area contributed by atoms with Crippen molar-refractivity contribution in [3.05, 3.63) is 35.8 Å². The number of rotatable bonds is 1. The second-order valence-corrected chi connectivity index (χ2v) is 3.77. The first-order chi connectivity index (χ1) is 6.86. The van der Waals surface area contributed by atoms with E-state index in [4.69, 9.17) is 6.42 Å². The number of aromatic nitrogens is 2. The van der Waals surface area contributed by atoms with Crippen molar-refractivity contribution in [1.82, 2.24) is 9.38 Å². The van der Waals surface area contributed by atoms with E-state index >= 15 is 0 Å². The van der Waals surface area contributed by atoms with Crippen LogP contribution in [0.25, 0.3) is 5.65 Å². The zero-order valence-corrected chi connectivity index (χ0v) is 7.77. The van der Waals surface area contributed by atoms with Gasteiger partial charge < -0.3 is 4.40 Å². The SMILES string of the molecule is C#Cc1ccc2nc(C3CC3)cn2c1. The van der Waals surface area contributed by atoms with Gasteiger partial charge >= 0.3 is 0 Å². The van der Waals surface area contributed by atoms with E-state index in [9.17, 15) is 0 Å². The van der Waals surface area contributed by atoms with Gasteiger partial charge in [0.05, 0.1) is 5.69 Å². The first-order valence-corrected chi connectivity index (χ1v) is 4.82. The molecule has 2 aromatic rings. The third kappa shape index (κ3) is 1.10. The lowest BCUT2D eigenvalue weighted by atomic mass is 10.3. The first-order valence-electron chi connectivity index (χ1n) is 4.82. The second-order valence-electron chi connectivity index (χ2n) is 3.77. The largest absolute Gasteiger partial charge is 0.306 e. The third-order valence-electron chi connectivity index (χ3n) is 2.63. The van der Waals surface area contributed by atoms with E-state index in [1.54, 1.807) is 0 Å². The summed E-state index contributed by atoms with van der Waals surface area (Å²) in [4.78, 5) is 4.54. The number of imidazole rings is 1. The van der Waals surface area contributed by atoms with Crippen molar-refractivity contribution in [3.8, 4) is 12.3 Å². The van der Waals surface area contributed by atoms with E-state index in [0.29, 0.717) is 5.92 Å². The van der Waals surface area contributed by atoms with Gasteiger partial charge in [-0.05, 0) is 25.0 Å². The summed E-state index contributed by atoms with van der Waals surface area (Å²) in [5.74, 6) is 3.32. The predicted molar refractivity (Wildman–Crippen MR) is 55.1 cm³/mol. The van der Waals surface area contributed by atoms with E-state index in [2.05, 4.69) is 17.1 Å². The molecule has 0 aromatic carbocycles. The molecular formula is C12H10N2. The van der Waals surface area contributed by atoms with Gasteiger partial charge in [-0.1, -0.05) is 5.92 Å². The molecule has 1 fully saturated rings. The molecule has 1 saturated carbocycles. The Bertz CT molecular complexity index is 527. The number of hydrogen-bond donors (Lipinski definition) is 0. The Balaban J connectivity index is 2.18. The van der Waals surface area contributed by atoms with Crippen LogP contribution in [0.3, 0.4) is 0 Å². The van der Waals surface area contributed by atoms with Crippen molar-refractivity contribution in [1.29, 1.82) is 0 Å². The van der Waals surface area contributed by atoms with Crippen LogP contribution in [-0.4, -0.2) is 9.38 Å². The molecule has 14 heavy (non-hydrogen) atoms. The molecule has 68 valence electrons. The van der Waals surface area contributed by atoms with E-state index in [1.165, 1.54) is 18.5 Å². The van der Waals surface area contributed by atoms with Gasteiger partial charge in [0.1, 0.15) is 5.65 Å². The van der Waals surface area contributed by atoms with Crippen molar-refractivity contribution in [3.63, 3.8) is 0 Å². The molecule has 2 heterocycles. The highest BCUT2D eigenvalue weighted by molar-refractivity contribution is 5.45. The van der Waals surface area contributed by atoms with E-state index in [0.717, 1.165) is 11.2 Å². The molecular weight excluding hydrogens is 172 g/mol. The maximum atomic E-state index is 5.34. The van der Waals surface area contributed by atoms with Gasteiger partial charge in [-0.2, -0.15) is 0 Å². The molecule has 1 aliphatic carbocycles. The molecule has 0 spiro atoms. The molecule has 0 N–H and O–H groups in total. The Morgan fingerprint density at radius 1 is 1.36 bits per heavy atom. The van der Waals surface area contributed by atoms with E-state index < -0.39 is 0 Å². The lowest BCUT2D eigenvalue weighted by Crippen LogP contribution is -1.83. The molecule has 0 aliphatic heterocycles. The highest BCUT2D eigenvalue weighted by atomic mass is 15.0. The van der Waals surface area contributed by atoms with E-state index in [1.807, 2.05) is 22.7 Å². The molecule has 2 heteroatoms. The number of nitrogens with zero attached hydrogens (tertiary/aromatic N) is 2. The Hall–Kier alpha value is -1.75. The fraction of sp³-hybridized carbons (Fsp3) is 0.250. The fourth-order valence-electron chi connectivity index (χ4n) is 1.67. The van der Waals surface area contributed by atoms with Crippen molar-refractivity contribution in [2.24, 2.45) is 0 Å². The second kappa shape index (κ2) is 2.62. The quantitative estimate of drug-likeness (QED) is 0.618. The Labute approximate surface area is 82.6 Å². The van der Waals surface area contributed by atoms with Crippen LogP contribution in [0.1, 0.15) is 30.0 Å². The van der Waals surface area contributed by atoms with Gasteiger partial charge in [0.2, 0.25) is 0 Å². The highest BCUT2D eigenvalue weighted by Gasteiger charge is 2.25. The van der Waals surface area contributed by atoms with Crippen molar-refractivity contribution in [2.45, 2.75) is 18.8 Å². The van der Waals surface area contributed by atoms with Gasteiger partial charge in [0.15, 0.2) is 0 Å². The normalized spacial score (nSPS) is 15.6. The Morgan fingerprint density at radius 2 is 2.21 bits per heavy atom. The van der Waals surface area contributed by atoms with Crippen LogP contribution in [0.2, 0.25) is 0 Å². The lowest BCUT2D eigenvalue weighted by Gasteiger charge is -1.92. The maximum absolute atomic E-state index is 5.34. The molecule has 2 aromatic heterocycles. The summed E-state index contributed by atoms with van der Waals surface area (Å²) in [5.41, 5.74) is 3.10. The number of pyridine rings is 1. The van der Waals surface area contributed by atoms with Crippen LogP contribution in [0.4, 0.5) is 0 Å². The number of hydrogen-bond acceptors (Lipinski definition) is 1. The highest BCUT2D eigenvalue weighted by Crippen LogP contribution is 2.39. The summed E-state index contributed by atoms with van der Waals surface area (Å²) in [6.45, 7) is 0. The summed E-state index contributed by atoms with van der Waals surface area (Å²) in [6, 6.07) is 3.90. The number of fused-ring (bicyclic) bond motifs is 1. The summed E-state index contributed by atoms with van der Waals surface area (Å²) in [5, 5.41) is 0. The molecule has 0 saturated heterocycles. The molecule has 1 aliphatic rings. The summed E-state index contributed by atoms with van der Waals surface area (Å²) < 4.78 is 2.02. The smallest absolute Gasteiger partial charge is 0.137 e. The lowest BCUT2D eigenvalue weighted by molar-refractivity contribution is 1.06. The summed E-state index contributed by atoms with van der Waals surface area (Å²) >= 11 is 0. The minimum absolute atomic E-state index is 0.698. The topological polar surface area (TPSA) is 17.3 Å². The summed E-state index contributed by atoms with van der Waals surface area (Å²) in [6.07, 6.45) is 11.9. The van der Waals surface area contributed by atoms with Crippen LogP contribution in [-0.2, 0) is 0 Å². The summed E-state index contributed by atoms with van der Waals surface area (Å²) in [7, 11) is 0. The van der Waals surface area contributed by atoms with Crippen molar-refractivity contribution >= 4 is 5.65 Å². The molecule has 0 amide bonds. The molecule has 0 bridgehead atoms. The average Bonchev–Trinajstić information content (AvgIpc) is 2.97. The van der Waals surface area contributed by atoms with Crippen molar-refractivity contribution in [2.75, 3.05) is 0 Å². The minimum Gasteiger partial charge on any atom is -0.306 e. The first kappa shape index (κ1) is 7.64. The van der Waals surface area contributed by atoms with E-state index in [-0.39, 0.29) is 0 Å². The van der Waals surface area contributed by atoms with Crippen LogP contribution in [0.15, 0.2) is 24.5 Å². The van der Waals surface area contributed by atoms with Crippen LogP contribution >= 0.6 is 0 Å². The molecule has 3 rings (SSSR count). The van der Waals surface area contributed by atoms with Gasteiger partial charge in [0, 0.05) is 23.9 Å². The van der Waals surface area contributed by atoms with Gasteiger partial charge in [-0.25, -0.2) is 4.98 Å². The van der Waals surface area contributed by atoms with Crippen LogP contribution in [0, 0.1) is 12.3 Å². The van der Waals surface area contributed by atoms with Crippen LogP contribution in [0.5, 0.6) is 0 Å². The monoisotopic (exact) mass is 182 g/mol. The Kier molecular flexibility index (Phi) is 1.43. The number of terminal acetylenes is 1. The van der Waals surface area contributed by atoms with Gasteiger partial charge in [-0.3, -0.25) is 0 Å². The fourth-order valence-corrected chi connectivity index (χ4v) is 1.67. The van der Waals surface area contributed by atoms with Gasteiger partial charge in [-0.15, -0.1) is 6.42 Å². The third-order valence-corrected chi connectivity index (χ3v) is 2.63. The standard InChI is InChI=1S/C12H10N2/c1-2-9-3-6-12-13-11(10-4-5-10)8-14(12)7-9/h1,3,6-8,10H,4-5H2. The average molecular weight is 182 g/mol. The zero-order chi connectivity index (χ0) is 9.54. The molecule has 0 unspecified atom stereocenters. The Morgan fingerprint density at radius 3 is 2.93 bits per heavy atom. The predicted octanol–water partition coefficient (Wildman–Crippen LogP) is 2.19. The zero-order valence-electron chi connectivity index (χ0n) is 7.77. The molecule has 0 radical (unpaired) electrons. The van der Waals surface area contributed by atoms with Crippen molar-refractivity contribution < 1.29 is 0 Å². The van der Waals surface area contributed by atoms with Crippen LogP contribution < -0.4 is 0 Å². The maximum Gasteiger partial charge on any atom is 0.137 e. The molecule has 2 nitrogen and oxygen atoms in total. The minimum atomic E-state index is 0.698. The molecule has 0 atom stereocenters.